The van der Waals surface area contributed by atoms with Crippen LogP contribution in [0.15, 0.2) is 30.7 Å². The summed E-state index contributed by atoms with van der Waals surface area (Å²) in [6.07, 6.45) is 6.32. The Morgan fingerprint density at radius 1 is 1.42 bits per heavy atom. The molecule has 0 spiro atoms. The summed E-state index contributed by atoms with van der Waals surface area (Å²) in [5.74, 6) is -0.311. The van der Waals surface area contributed by atoms with Gasteiger partial charge in [0.25, 0.3) is 0 Å². The van der Waals surface area contributed by atoms with E-state index in [1.54, 1.807) is 12.4 Å². The molecular weight excluding hydrogens is 265 g/mol. The van der Waals surface area contributed by atoms with E-state index < -0.39 is 0 Å². The molecule has 2 aromatic rings. The number of imidazole rings is 1. The first-order valence-corrected chi connectivity index (χ1v) is 6.76. The van der Waals surface area contributed by atoms with Crippen molar-refractivity contribution < 1.29 is 4.39 Å². The van der Waals surface area contributed by atoms with E-state index >= 15 is 0 Å². The molecule has 5 heteroatoms. The summed E-state index contributed by atoms with van der Waals surface area (Å²) in [5, 5.41) is 3.87. The van der Waals surface area contributed by atoms with Gasteiger partial charge in [0, 0.05) is 30.4 Å². The third-order valence-electron chi connectivity index (χ3n) is 3.20. The molecule has 1 fully saturated rings. The van der Waals surface area contributed by atoms with Gasteiger partial charge in [-0.25, -0.2) is 9.37 Å². The lowest BCUT2D eigenvalue weighted by Crippen LogP contribution is -2.15. The molecule has 1 aliphatic carbocycles. The number of rotatable bonds is 5. The Morgan fingerprint density at radius 3 is 3.00 bits per heavy atom. The molecule has 1 aromatic carbocycles. The Kier molecular flexibility index (Phi) is 3.53. The van der Waals surface area contributed by atoms with Gasteiger partial charge in [0.1, 0.15) is 5.82 Å². The van der Waals surface area contributed by atoms with Gasteiger partial charge < -0.3 is 9.88 Å². The van der Waals surface area contributed by atoms with Gasteiger partial charge in [-0.3, -0.25) is 0 Å². The third-order valence-corrected chi connectivity index (χ3v) is 3.56. The van der Waals surface area contributed by atoms with E-state index in [1.165, 1.54) is 25.0 Å². The number of halogens is 2. The summed E-state index contributed by atoms with van der Waals surface area (Å²) in [5.41, 5.74) is 1.91. The monoisotopic (exact) mass is 279 g/mol. The van der Waals surface area contributed by atoms with Crippen molar-refractivity contribution in [1.29, 1.82) is 0 Å². The van der Waals surface area contributed by atoms with Crippen molar-refractivity contribution in [2.75, 3.05) is 0 Å². The number of nitrogens with zero attached hydrogens (tertiary/aromatic N) is 2. The Balaban J connectivity index is 1.65. The van der Waals surface area contributed by atoms with E-state index in [9.17, 15) is 4.39 Å². The zero-order valence-corrected chi connectivity index (χ0v) is 11.2. The van der Waals surface area contributed by atoms with Gasteiger partial charge in [-0.05, 0) is 30.5 Å². The predicted molar refractivity (Wildman–Crippen MR) is 72.6 cm³/mol. The average Bonchev–Trinajstić information content (AvgIpc) is 3.10. The lowest BCUT2D eigenvalue weighted by atomic mass is 10.2. The molecule has 19 heavy (non-hydrogen) atoms. The highest BCUT2D eigenvalue weighted by Crippen LogP contribution is 2.20. The minimum absolute atomic E-state index is 0.311. The van der Waals surface area contributed by atoms with Gasteiger partial charge in [0.15, 0.2) is 0 Å². The maximum Gasteiger partial charge on any atom is 0.124 e. The van der Waals surface area contributed by atoms with Gasteiger partial charge in [0.2, 0.25) is 0 Å². The summed E-state index contributed by atoms with van der Waals surface area (Å²) in [4.78, 5) is 4.34. The van der Waals surface area contributed by atoms with E-state index in [0.29, 0.717) is 17.6 Å². The number of hydrogen-bond donors (Lipinski definition) is 1. The minimum Gasteiger partial charge on any atom is -0.333 e. The summed E-state index contributed by atoms with van der Waals surface area (Å²) >= 11 is 6.01. The van der Waals surface area contributed by atoms with Crippen molar-refractivity contribution in [1.82, 2.24) is 14.9 Å². The van der Waals surface area contributed by atoms with Gasteiger partial charge in [-0.1, -0.05) is 17.7 Å². The van der Waals surface area contributed by atoms with E-state index in [1.807, 2.05) is 10.8 Å². The minimum atomic E-state index is -0.311. The van der Waals surface area contributed by atoms with Crippen molar-refractivity contribution in [3.05, 3.63) is 52.8 Å². The lowest BCUT2D eigenvalue weighted by molar-refractivity contribution is 0.626. The Bertz CT molecular complexity index is 578. The molecule has 1 aliphatic rings. The van der Waals surface area contributed by atoms with Crippen LogP contribution in [0.4, 0.5) is 4.39 Å². The molecular formula is C14H15ClFN3. The second kappa shape index (κ2) is 5.31. The van der Waals surface area contributed by atoms with E-state index in [0.717, 1.165) is 17.8 Å². The van der Waals surface area contributed by atoms with Crippen molar-refractivity contribution in [3.8, 4) is 0 Å². The molecule has 1 saturated carbocycles. The van der Waals surface area contributed by atoms with Crippen LogP contribution >= 0.6 is 11.6 Å². The van der Waals surface area contributed by atoms with Gasteiger partial charge in [-0.15, -0.1) is 0 Å². The van der Waals surface area contributed by atoms with E-state index in [-0.39, 0.29) is 5.82 Å². The molecule has 0 radical (unpaired) electrons. The second-order valence-corrected chi connectivity index (χ2v) is 5.34. The lowest BCUT2D eigenvalue weighted by Gasteiger charge is -2.05. The van der Waals surface area contributed by atoms with Crippen LogP contribution in [0.25, 0.3) is 0 Å². The first kappa shape index (κ1) is 12.6. The second-order valence-electron chi connectivity index (χ2n) is 4.93. The van der Waals surface area contributed by atoms with Gasteiger partial charge in [-0.2, -0.15) is 0 Å². The third kappa shape index (κ3) is 3.33. The van der Waals surface area contributed by atoms with Crippen LogP contribution in [0.2, 0.25) is 5.02 Å². The van der Waals surface area contributed by atoms with Crippen LogP contribution < -0.4 is 5.32 Å². The number of nitrogens with one attached hydrogen (secondary N) is 1. The largest absolute Gasteiger partial charge is 0.333 e. The summed E-state index contributed by atoms with van der Waals surface area (Å²) in [6, 6.07) is 5.15. The van der Waals surface area contributed by atoms with Crippen LogP contribution in [-0.2, 0) is 13.1 Å². The topological polar surface area (TPSA) is 29.9 Å². The maximum absolute atomic E-state index is 13.0. The summed E-state index contributed by atoms with van der Waals surface area (Å²) in [7, 11) is 0. The standard InChI is InChI=1S/C14H15ClFN3/c15-14-5-11(16)2-1-10(14)7-19-8-13(18-9-19)6-17-12-3-4-12/h1-2,5,8-9,12,17H,3-4,6-7H2. The predicted octanol–water partition coefficient (Wildman–Crippen LogP) is 2.98. The molecule has 1 heterocycles. The van der Waals surface area contributed by atoms with Crippen LogP contribution in [0.1, 0.15) is 24.1 Å². The number of aromatic nitrogens is 2. The molecule has 0 aliphatic heterocycles. The van der Waals surface area contributed by atoms with E-state index in [2.05, 4.69) is 10.3 Å². The quantitative estimate of drug-likeness (QED) is 0.912. The summed E-state index contributed by atoms with van der Waals surface area (Å²) in [6.45, 7) is 1.41. The summed E-state index contributed by atoms with van der Waals surface area (Å²) < 4.78 is 14.9. The smallest absolute Gasteiger partial charge is 0.124 e. The van der Waals surface area contributed by atoms with Crippen molar-refractivity contribution in [3.63, 3.8) is 0 Å². The van der Waals surface area contributed by atoms with Crippen LogP contribution in [0.5, 0.6) is 0 Å². The SMILES string of the molecule is Fc1ccc(Cn2cnc(CNC3CC3)c2)c(Cl)c1. The Morgan fingerprint density at radius 2 is 2.26 bits per heavy atom. The Labute approximate surface area is 116 Å². The van der Waals surface area contributed by atoms with Crippen molar-refractivity contribution in [2.45, 2.75) is 32.0 Å². The molecule has 0 bridgehead atoms. The fraction of sp³-hybridized carbons (Fsp3) is 0.357. The van der Waals surface area contributed by atoms with Crippen molar-refractivity contribution >= 4 is 11.6 Å². The molecule has 0 unspecified atom stereocenters. The molecule has 3 rings (SSSR count). The molecule has 0 saturated heterocycles. The highest BCUT2D eigenvalue weighted by molar-refractivity contribution is 6.31. The van der Waals surface area contributed by atoms with Gasteiger partial charge in [0.05, 0.1) is 12.0 Å². The first-order valence-electron chi connectivity index (χ1n) is 6.38. The van der Waals surface area contributed by atoms with Crippen LogP contribution in [0.3, 0.4) is 0 Å². The maximum atomic E-state index is 13.0. The molecule has 0 amide bonds. The average molecular weight is 280 g/mol. The van der Waals surface area contributed by atoms with Crippen LogP contribution in [0, 0.1) is 5.82 Å². The molecule has 1 N–H and O–H groups in total. The van der Waals surface area contributed by atoms with Crippen molar-refractivity contribution in [2.24, 2.45) is 0 Å². The first-order chi connectivity index (χ1) is 9.20. The molecule has 1 aromatic heterocycles. The molecule has 0 atom stereocenters. The molecule has 3 nitrogen and oxygen atoms in total. The fourth-order valence-electron chi connectivity index (χ4n) is 1.97. The number of benzene rings is 1. The Hall–Kier alpha value is -1.39. The highest BCUT2D eigenvalue weighted by atomic mass is 35.5. The highest BCUT2D eigenvalue weighted by Gasteiger charge is 2.20. The zero-order chi connectivity index (χ0) is 13.2. The number of hydrogen-bond acceptors (Lipinski definition) is 2. The zero-order valence-electron chi connectivity index (χ0n) is 10.4. The molecule has 100 valence electrons. The van der Waals surface area contributed by atoms with Crippen LogP contribution in [-0.4, -0.2) is 15.6 Å². The van der Waals surface area contributed by atoms with Gasteiger partial charge >= 0.3 is 0 Å². The normalized spacial score (nSPS) is 14.8. The van der Waals surface area contributed by atoms with E-state index in [4.69, 9.17) is 11.6 Å². The fourth-order valence-corrected chi connectivity index (χ4v) is 2.19.